The summed E-state index contributed by atoms with van der Waals surface area (Å²) < 4.78 is 0. The highest BCUT2D eigenvalue weighted by molar-refractivity contribution is 5.43. The summed E-state index contributed by atoms with van der Waals surface area (Å²) in [6, 6.07) is 0. The van der Waals surface area contributed by atoms with Crippen molar-refractivity contribution < 1.29 is 1.43 Å². The molecule has 17 heavy (non-hydrogen) atoms. The van der Waals surface area contributed by atoms with Crippen molar-refractivity contribution >= 4 is 0 Å². The summed E-state index contributed by atoms with van der Waals surface area (Å²) in [6.07, 6.45) is 7.86. The minimum absolute atomic E-state index is 0. The molecule has 0 bridgehead atoms. The fourth-order valence-corrected chi connectivity index (χ4v) is 2.49. The lowest BCUT2D eigenvalue weighted by molar-refractivity contribution is 0.412. The summed E-state index contributed by atoms with van der Waals surface area (Å²) in [4.78, 5) is 0. The normalized spacial score (nSPS) is 21.6. The molecular formula is C16H29N. The van der Waals surface area contributed by atoms with Crippen molar-refractivity contribution in [1.29, 1.82) is 0 Å². The molecule has 1 rings (SSSR count). The van der Waals surface area contributed by atoms with Crippen molar-refractivity contribution in [2.75, 3.05) is 6.54 Å². The average Bonchev–Trinajstić information content (AvgIpc) is 2.37. The Kier molecular flexibility index (Phi) is 4.76. The summed E-state index contributed by atoms with van der Waals surface area (Å²) in [7, 11) is 0. The maximum absolute atomic E-state index is 5.86. The molecule has 0 aromatic heterocycles. The van der Waals surface area contributed by atoms with Crippen molar-refractivity contribution in [3.05, 3.63) is 35.5 Å². The van der Waals surface area contributed by atoms with Gasteiger partial charge in [-0.25, -0.2) is 0 Å². The lowest BCUT2D eigenvalue weighted by atomic mass is 9.83. The van der Waals surface area contributed by atoms with E-state index in [1.54, 1.807) is 0 Å². The van der Waals surface area contributed by atoms with Crippen LogP contribution >= 0.6 is 0 Å². The van der Waals surface area contributed by atoms with Gasteiger partial charge in [-0.3, -0.25) is 0 Å². The van der Waals surface area contributed by atoms with Crippen LogP contribution in [-0.2, 0) is 0 Å². The maximum Gasteiger partial charge on any atom is 0 e. The summed E-state index contributed by atoms with van der Waals surface area (Å²) >= 11 is 0. The topological polar surface area (TPSA) is 26.0 Å². The molecule has 0 spiro atoms. The van der Waals surface area contributed by atoms with Gasteiger partial charge < -0.3 is 5.73 Å². The van der Waals surface area contributed by atoms with E-state index in [0.29, 0.717) is 11.3 Å². The molecule has 0 aromatic rings. The average molecular weight is 235 g/mol. The van der Waals surface area contributed by atoms with Crippen molar-refractivity contribution in [2.24, 2.45) is 17.1 Å². The number of hydrogen-bond acceptors (Lipinski definition) is 1. The van der Waals surface area contributed by atoms with Crippen molar-refractivity contribution in [3.63, 3.8) is 0 Å². The van der Waals surface area contributed by atoms with Gasteiger partial charge in [-0.15, -0.1) is 0 Å². The lowest BCUT2D eigenvalue weighted by Gasteiger charge is -2.23. The molecule has 0 heterocycles. The number of allylic oxidation sites excluding steroid dienone is 4. The summed E-state index contributed by atoms with van der Waals surface area (Å²) in [5.41, 5.74) is 10.2. The van der Waals surface area contributed by atoms with Gasteiger partial charge in [0.15, 0.2) is 0 Å². The first-order valence-corrected chi connectivity index (χ1v) is 6.60. The molecule has 0 fully saturated rings. The fraction of sp³-hybridized carbons (Fsp3) is 0.625. The van der Waals surface area contributed by atoms with Gasteiger partial charge in [0.2, 0.25) is 0 Å². The highest BCUT2D eigenvalue weighted by Gasteiger charge is 2.19. The standard InChI is InChI=1S/C16H27N.H2/c1-12(10-16(3,4)5)15-9-7-6-8-14(11-17)13(15)2;/h7,9,14H,1,6,8,10-11,17H2,2-5H3;1H. The SMILES string of the molecule is C=C(CC(C)(C)C)C1=C(C)C(CN)CCC=C1.[HH]. The maximum atomic E-state index is 5.86. The molecule has 1 atom stereocenters. The first kappa shape index (κ1) is 14.2. The fourth-order valence-electron chi connectivity index (χ4n) is 2.49. The van der Waals surface area contributed by atoms with E-state index in [0.717, 1.165) is 19.4 Å². The second kappa shape index (κ2) is 5.68. The Morgan fingerprint density at radius 3 is 2.71 bits per heavy atom. The Hall–Kier alpha value is -0.820. The smallest absolute Gasteiger partial charge is 0 e. The molecule has 0 aliphatic heterocycles. The van der Waals surface area contributed by atoms with Crippen LogP contribution in [0.25, 0.3) is 0 Å². The highest BCUT2D eigenvalue weighted by atomic mass is 14.5. The van der Waals surface area contributed by atoms with Gasteiger partial charge in [-0.2, -0.15) is 0 Å². The third kappa shape index (κ3) is 4.16. The van der Waals surface area contributed by atoms with Crippen LogP contribution < -0.4 is 5.73 Å². The van der Waals surface area contributed by atoms with Crippen LogP contribution in [0.2, 0.25) is 0 Å². The first-order chi connectivity index (χ1) is 7.85. The molecular weight excluding hydrogens is 206 g/mol. The zero-order chi connectivity index (χ0) is 13.1. The molecule has 98 valence electrons. The second-order valence-corrected chi connectivity index (χ2v) is 6.35. The van der Waals surface area contributed by atoms with Crippen molar-refractivity contribution in [1.82, 2.24) is 0 Å². The van der Waals surface area contributed by atoms with Gasteiger partial charge in [0, 0.05) is 1.43 Å². The van der Waals surface area contributed by atoms with Crippen LogP contribution in [0.4, 0.5) is 0 Å². The third-order valence-corrected chi connectivity index (χ3v) is 3.41. The van der Waals surface area contributed by atoms with Gasteiger partial charge in [-0.05, 0) is 55.2 Å². The largest absolute Gasteiger partial charge is 0.330 e. The number of rotatable bonds is 3. The van der Waals surface area contributed by atoms with E-state index in [1.165, 1.54) is 23.1 Å². The van der Waals surface area contributed by atoms with E-state index in [2.05, 4.69) is 46.4 Å². The zero-order valence-electron chi connectivity index (χ0n) is 11.8. The van der Waals surface area contributed by atoms with E-state index in [-0.39, 0.29) is 1.43 Å². The lowest BCUT2D eigenvalue weighted by Crippen LogP contribution is -2.16. The summed E-state index contributed by atoms with van der Waals surface area (Å²) in [5.74, 6) is 0.525. The molecule has 0 aromatic carbocycles. The summed E-state index contributed by atoms with van der Waals surface area (Å²) in [5, 5.41) is 0. The first-order valence-electron chi connectivity index (χ1n) is 6.60. The molecule has 0 saturated carbocycles. The minimum atomic E-state index is 0. The highest BCUT2D eigenvalue weighted by Crippen LogP contribution is 2.33. The van der Waals surface area contributed by atoms with E-state index >= 15 is 0 Å². The Morgan fingerprint density at radius 1 is 1.53 bits per heavy atom. The van der Waals surface area contributed by atoms with E-state index in [4.69, 9.17) is 5.73 Å². The van der Waals surface area contributed by atoms with E-state index in [1.807, 2.05) is 0 Å². The van der Waals surface area contributed by atoms with Crippen molar-refractivity contribution in [3.8, 4) is 0 Å². The monoisotopic (exact) mass is 235 g/mol. The molecule has 1 heteroatoms. The van der Waals surface area contributed by atoms with Crippen LogP contribution in [0.5, 0.6) is 0 Å². The van der Waals surface area contributed by atoms with Gasteiger partial charge in [0.05, 0.1) is 0 Å². The Labute approximate surface area is 108 Å². The predicted octanol–water partition coefficient (Wildman–Crippen LogP) is 4.47. The second-order valence-electron chi connectivity index (χ2n) is 6.35. The zero-order valence-corrected chi connectivity index (χ0v) is 11.8. The molecule has 1 unspecified atom stereocenters. The number of nitrogens with two attached hydrogens (primary N) is 1. The Bertz CT molecular complexity index is 345. The quantitative estimate of drug-likeness (QED) is 0.767. The molecule has 0 amide bonds. The van der Waals surface area contributed by atoms with Gasteiger partial charge in [0.1, 0.15) is 0 Å². The van der Waals surface area contributed by atoms with Crippen LogP contribution in [0.1, 0.15) is 48.4 Å². The van der Waals surface area contributed by atoms with Crippen LogP contribution in [-0.4, -0.2) is 6.54 Å². The van der Waals surface area contributed by atoms with Crippen LogP contribution in [0, 0.1) is 11.3 Å². The van der Waals surface area contributed by atoms with Crippen LogP contribution in [0.15, 0.2) is 35.5 Å². The molecule has 1 aliphatic carbocycles. The van der Waals surface area contributed by atoms with Gasteiger partial charge in [-0.1, -0.05) is 45.1 Å². The molecule has 0 radical (unpaired) electrons. The predicted molar refractivity (Wildman–Crippen MR) is 78.9 cm³/mol. The Balaban J connectivity index is 0.00000289. The van der Waals surface area contributed by atoms with Crippen molar-refractivity contribution in [2.45, 2.75) is 47.0 Å². The molecule has 1 aliphatic rings. The van der Waals surface area contributed by atoms with Gasteiger partial charge >= 0.3 is 0 Å². The molecule has 0 saturated heterocycles. The van der Waals surface area contributed by atoms with Gasteiger partial charge in [0.25, 0.3) is 0 Å². The molecule has 1 nitrogen and oxygen atoms in total. The van der Waals surface area contributed by atoms with E-state index < -0.39 is 0 Å². The van der Waals surface area contributed by atoms with E-state index in [9.17, 15) is 0 Å². The minimum Gasteiger partial charge on any atom is -0.330 e. The Morgan fingerprint density at radius 2 is 2.18 bits per heavy atom. The third-order valence-electron chi connectivity index (χ3n) is 3.41. The summed E-state index contributed by atoms with van der Waals surface area (Å²) in [6.45, 7) is 14.0. The molecule has 2 N–H and O–H groups in total. The number of hydrogen-bond donors (Lipinski definition) is 1. The van der Waals surface area contributed by atoms with Crippen LogP contribution in [0.3, 0.4) is 0 Å².